The zero-order chi connectivity index (χ0) is 9.80. The van der Waals surface area contributed by atoms with Crippen molar-refractivity contribution in [1.82, 2.24) is 5.32 Å². The molecule has 2 N–H and O–H groups in total. The molecule has 0 saturated carbocycles. The molecule has 0 bridgehead atoms. The van der Waals surface area contributed by atoms with Crippen LogP contribution in [-0.4, -0.2) is 24.3 Å². The van der Waals surface area contributed by atoms with Gasteiger partial charge in [-0.15, -0.1) is 0 Å². The van der Waals surface area contributed by atoms with E-state index in [1.807, 2.05) is 24.3 Å². The number of aliphatic hydroxyl groups excluding tert-OH is 1. The van der Waals surface area contributed by atoms with Gasteiger partial charge >= 0.3 is 0 Å². The van der Waals surface area contributed by atoms with Gasteiger partial charge in [0.1, 0.15) is 11.9 Å². The normalized spacial score (nSPS) is 21.1. The maximum Gasteiger partial charge on any atom is 0.125 e. The van der Waals surface area contributed by atoms with Crippen LogP contribution in [0.5, 0.6) is 5.75 Å². The first-order valence-corrected chi connectivity index (χ1v) is 4.96. The number of aliphatic hydroxyl groups is 1. The molecule has 14 heavy (non-hydrogen) atoms. The Morgan fingerprint density at radius 2 is 2.29 bits per heavy atom. The van der Waals surface area contributed by atoms with E-state index in [9.17, 15) is 0 Å². The fourth-order valence-electron chi connectivity index (χ4n) is 1.66. The standard InChI is InChI=1S/C11H15NO2/c13-8-9-3-1-2-4-11(9)14-10-5-6-12-7-10/h1-4,10,12-13H,5-8H2/t10-/m0/s1. The van der Waals surface area contributed by atoms with E-state index in [1.165, 1.54) is 0 Å². The van der Waals surface area contributed by atoms with Crippen LogP contribution in [0.4, 0.5) is 0 Å². The molecule has 3 heteroatoms. The summed E-state index contributed by atoms with van der Waals surface area (Å²) in [6.45, 7) is 1.96. The smallest absolute Gasteiger partial charge is 0.125 e. The third-order valence-electron chi connectivity index (χ3n) is 2.45. The van der Waals surface area contributed by atoms with Crippen molar-refractivity contribution in [2.45, 2.75) is 19.1 Å². The summed E-state index contributed by atoms with van der Waals surface area (Å²) in [5.74, 6) is 0.809. The summed E-state index contributed by atoms with van der Waals surface area (Å²) < 4.78 is 5.77. The van der Waals surface area contributed by atoms with Crippen LogP contribution in [0.2, 0.25) is 0 Å². The molecule has 0 spiro atoms. The zero-order valence-electron chi connectivity index (χ0n) is 8.07. The quantitative estimate of drug-likeness (QED) is 0.750. The minimum Gasteiger partial charge on any atom is -0.489 e. The number of hydrogen-bond donors (Lipinski definition) is 2. The molecule has 1 aliphatic rings. The van der Waals surface area contributed by atoms with Gasteiger partial charge in [-0.3, -0.25) is 0 Å². The first-order valence-electron chi connectivity index (χ1n) is 4.96. The lowest BCUT2D eigenvalue weighted by molar-refractivity contribution is 0.210. The number of ether oxygens (including phenoxy) is 1. The average molecular weight is 193 g/mol. The highest BCUT2D eigenvalue weighted by Crippen LogP contribution is 2.20. The fourth-order valence-corrected chi connectivity index (χ4v) is 1.66. The van der Waals surface area contributed by atoms with Crippen LogP contribution < -0.4 is 10.1 Å². The molecule has 0 amide bonds. The minimum absolute atomic E-state index is 0.0380. The lowest BCUT2D eigenvalue weighted by Crippen LogP contribution is -2.20. The average Bonchev–Trinajstić information content (AvgIpc) is 2.71. The molecule has 1 aliphatic heterocycles. The third kappa shape index (κ3) is 2.05. The van der Waals surface area contributed by atoms with Gasteiger partial charge in [-0.1, -0.05) is 18.2 Å². The van der Waals surface area contributed by atoms with Crippen molar-refractivity contribution in [2.75, 3.05) is 13.1 Å². The van der Waals surface area contributed by atoms with Crippen molar-refractivity contribution in [3.63, 3.8) is 0 Å². The molecule has 76 valence electrons. The Bertz CT molecular complexity index is 295. The summed E-state index contributed by atoms with van der Waals surface area (Å²) in [5, 5.41) is 12.3. The second-order valence-corrected chi connectivity index (χ2v) is 3.50. The lowest BCUT2D eigenvalue weighted by Gasteiger charge is -2.14. The van der Waals surface area contributed by atoms with Gasteiger partial charge in [0.25, 0.3) is 0 Å². The lowest BCUT2D eigenvalue weighted by atomic mass is 10.2. The fraction of sp³-hybridized carbons (Fsp3) is 0.455. The van der Waals surface area contributed by atoms with Gasteiger partial charge in [-0.05, 0) is 19.0 Å². The molecule has 1 fully saturated rings. The van der Waals surface area contributed by atoms with Crippen molar-refractivity contribution >= 4 is 0 Å². The van der Waals surface area contributed by atoms with Crippen molar-refractivity contribution in [1.29, 1.82) is 0 Å². The molecule has 0 aromatic heterocycles. The van der Waals surface area contributed by atoms with Crippen molar-refractivity contribution in [3.05, 3.63) is 29.8 Å². The van der Waals surface area contributed by atoms with E-state index >= 15 is 0 Å². The van der Waals surface area contributed by atoms with E-state index in [1.54, 1.807) is 0 Å². The van der Waals surface area contributed by atoms with Crippen LogP contribution in [0.1, 0.15) is 12.0 Å². The van der Waals surface area contributed by atoms with Gasteiger partial charge in [0.15, 0.2) is 0 Å². The molecule has 0 aliphatic carbocycles. The Balaban J connectivity index is 2.07. The molecule has 1 heterocycles. The van der Waals surface area contributed by atoms with E-state index in [4.69, 9.17) is 9.84 Å². The molecule has 1 atom stereocenters. The highest BCUT2D eigenvalue weighted by Gasteiger charge is 2.16. The van der Waals surface area contributed by atoms with Gasteiger partial charge in [0.05, 0.1) is 6.61 Å². The molecule has 1 aromatic carbocycles. The van der Waals surface area contributed by atoms with E-state index < -0.39 is 0 Å². The molecule has 0 unspecified atom stereocenters. The summed E-state index contributed by atoms with van der Waals surface area (Å²) in [5.41, 5.74) is 0.861. The maximum absolute atomic E-state index is 9.10. The monoisotopic (exact) mass is 193 g/mol. The molecular weight excluding hydrogens is 178 g/mol. The highest BCUT2D eigenvalue weighted by atomic mass is 16.5. The van der Waals surface area contributed by atoms with Gasteiger partial charge in [-0.25, -0.2) is 0 Å². The van der Waals surface area contributed by atoms with Crippen LogP contribution in [0.15, 0.2) is 24.3 Å². The highest BCUT2D eigenvalue weighted by molar-refractivity contribution is 5.32. The Labute approximate surface area is 83.7 Å². The Morgan fingerprint density at radius 1 is 1.43 bits per heavy atom. The number of benzene rings is 1. The van der Waals surface area contributed by atoms with Gasteiger partial charge in [0, 0.05) is 12.1 Å². The first-order chi connectivity index (χ1) is 6.90. The van der Waals surface area contributed by atoms with Crippen LogP contribution in [0.25, 0.3) is 0 Å². The van der Waals surface area contributed by atoms with Gasteiger partial charge in [-0.2, -0.15) is 0 Å². The summed E-state index contributed by atoms with van der Waals surface area (Å²) in [6.07, 6.45) is 1.29. The summed E-state index contributed by atoms with van der Waals surface area (Å²) in [6, 6.07) is 7.63. The Hall–Kier alpha value is -1.06. The van der Waals surface area contributed by atoms with E-state index in [-0.39, 0.29) is 12.7 Å². The van der Waals surface area contributed by atoms with E-state index in [0.717, 1.165) is 30.8 Å². The number of hydrogen-bond acceptors (Lipinski definition) is 3. The van der Waals surface area contributed by atoms with E-state index in [2.05, 4.69) is 5.32 Å². The van der Waals surface area contributed by atoms with E-state index in [0.29, 0.717) is 0 Å². The largest absolute Gasteiger partial charge is 0.489 e. The topological polar surface area (TPSA) is 41.5 Å². The summed E-state index contributed by atoms with van der Waals surface area (Å²) in [4.78, 5) is 0. The van der Waals surface area contributed by atoms with Gasteiger partial charge in [0.2, 0.25) is 0 Å². The molecule has 1 saturated heterocycles. The number of rotatable bonds is 3. The predicted molar refractivity (Wildman–Crippen MR) is 54.3 cm³/mol. The van der Waals surface area contributed by atoms with Crippen LogP contribution in [-0.2, 0) is 6.61 Å². The molecule has 0 radical (unpaired) electrons. The second-order valence-electron chi connectivity index (χ2n) is 3.50. The molecular formula is C11H15NO2. The Kier molecular flexibility index (Phi) is 3.01. The van der Waals surface area contributed by atoms with Crippen LogP contribution >= 0.6 is 0 Å². The summed E-state index contributed by atoms with van der Waals surface area (Å²) in [7, 11) is 0. The summed E-state index contributed by atoms with van der Waals surface area (Å²) >= 11 is 0. The van der Waals surface area contributed by atoms with Gasteiger partial charge < -0.3 is 15.2 Å². The molecule has 1 aromatic rings. The zero-order valence-corrected chi connectivity index (χ0v) is 8.07. The first kappa shape index (κ1) is 9.49. The minimum atomic E-state index is 0.0380. The van der Waals surface area contributed by atoms with Crippen molar-refractivity contribution in [3.8, 4) is 5.75 Å². The number of nitrogens with one attached hydrogen (secondary N) is 1. The Morgan fingerprint density at radius 3 is 3.00 bits per heavy atom. The maximum atomic E-state index is 9.10. The van der Waals surface area contributed by atoms with Crippen LogP contribution in [0, 0.1) is 0 Å². The molecule has 2 rings (SSSR count). The third-order valence-corrected chi connectivity index (χ3v) is 2.45. The van der Waals surface area contributed by atoms with Crippen molar-refractivity contribution < 1.29 is 9.84 Å². The SMILES string of the molecule is OCc1ccccc1O[C@H]1CCNC1. The van der Waals surface area contributed by atoms with Crippen LogP contribution in [0.3, 0.4) is 0 Å². The predicted octanol–water partition coefficient (Wildman–Crippen LogP) is 0.920. The second kappa shape index (κ2) is 4.44. The molecule has 3 nitrogen and oxygen atoms in total. The number of para-hydroxylation sites is 1. The van der Waals surface area contributed by atoms with Crippen molar-refractivity contribution in [2.24, 2.45) is 0 Å².